The maximum Gasteiger partial charge on any atom is 0.137 e. The van der Waals surface area contributed by atoms with Crippen molar-refractivity contribution in [2.24, 2.45) is 0 Å². The van der Waals surface area contributed by atoms with Gasteiger partial charge in [0.15, 0.2) is 0 Å². The third-order valence-corrected chi connectivity index (χ3v) is 4.88. The predicted octanol–water partition coefficient (Wildman–Crippen LogP) is 4.81. The zero-order chi connectivity index (χ0) is 19.4. The summed E-state index contributed by atoms with van der Waals surface area (Å²) in [5, 5.41) is 18.2. The molecule has 136 valence electrons. The van der Waals surface area contributed by atoms with Gasteiger partial charge < -0.3 is 9.64 Å². The first-order valence-corrected chi connectivity index (χ1v) is 9.23. The monoisotopic (exact) mass is 357 g/mol. The minimum Gasteiger partial charge on any atom is -0.462 e. The van der Waals surface area contributed by atoms with Gasteiger partial charge in [-0.25, -0.2) is 0 Å². The second kappa shape index (κ2) is 7.98. The lowest BCUT2D eigenvalue weighted by molar-refractivity contribution is 0.318. The lowest BCUT2D eigenvalue weighted by Crippen LogP contribution is -2.26. The van der Waals surface area contributed by atoms with Crippen LogP contribution in [0.1, 0.15) is 37.0 Å². The fourth-order valence-corrected chi connectivity index (χ4v) is 3.67. The molecule has 27 heavy (non-hydrogen) atoms. The van der Waals surface area contributed by atoms with Crippen LogP contribution in [0.25, 0.3) is 6.08 Å². The Kier molecular flexibility index (Phi) is 5.48. The molecule has 0 spiro atoms. The first-order valence-electron chi connectivity index (χ1n) is 9.23. The van der Waals surface area contributed by atoms with Gasteiger partial charge >= 0.3 is 0 Å². The molecule has 0 N–H and O–H groups in total. The quantitative estimate of drug-likeness (QED) is 0.729. The van der Waals surface area contributed by atoms with E-state index in [9.17, 15) is 0 Å². The molecule has 0 atom stereocenters. The van der Waals surface area contributed by atoms with Crippen LogP contribution in [-0.2, 0) is 17.6 Å². The summed E-state index contributed by atoms with van der Waals surface area (Å²) < 4.78 is 5.74. The average molecular weight is 357 g/mol. The van der Waals surface area contributed by atoms with Gasteiger partial charge in [0.05, 0.1) is 0 Å². The molecule has 0 saturated heterocycles. The van der Waals surface area contributed by atoms with Crippen LogP contribution < -0.4 is 4.90 Å². The van der Waals surface area contributed by atoms with Crippen molar-refractivity contribution < 1.29 is 4.74 Å². The molecule has 0 unspecified atom stereocenters. The fourth-order valence-electron chi connectivity index (χ4n) is 3.67. The van der Waals surface area contributed by atoms with Gasteiger partial charge in [0.1, 0.15) is 29.2 Å². The normalized spacial score (nSPS) is 16.0. The lowest BCUT2D eigenvalue weighted by atomic mass is 9.94. The third kappa shape index (κ3) is 3.96. The number of anilines is 1. The predicted molar refractivity (Wildman–Crippen MR) is 108 cm³/mol. The van der Waals surface area contributed by atoms with E-state index in [-0.39, 0.29) is 5.57 Å². The van der Waals surface area contributed by atoms with Crippen molar-refractivity contribution >= 4 is 11.8 Å². The topological polar surface area (TPSA) is 60.1 Å². The molecule has 0 amide bonds. The maximum atomic E-state index is 9.10. The van der Waals surface area contributed by atoms with Crippen molar-refractivity contribution in [2.45, 2.75) is 33.1 Å². The Morgan fingerprint density at radius 2 is 2.00 bits per heavy atom. The van der Waals surface area contributed by atoms with Crippen LogP contribution in [0.3, 0.4) is 0 Å². The summed E-state index contributed by atoms with van der Waals surface area (Å²) in [5.41, 5.74) is 5.96. The first-order chi connectivity index (χ1) is 13.0. The van der Waals surface area contributed by atoms with Gasteiger partial charge in [-0.05, 0) is 73.2 Å². The summed E-state index contributed by atoms with van der Waals surface area (Å²) in [6.07, 6.45) is 10.7. The highest BCUT2D eigenvalue weighted by Gasteiger charge is 2.17. The van der Waals surface area contributed by atoms with E-state index >= 15 is 0 Å². The molecule has 0 radical (unpaired) electrons. The molecule has 2 aliphatic rings. The van der Waals surface area contributed by atoms with Crippen molar-refractivity contribution in [3.63, 3.8) is 0 Å². The standard InChI is InChI=1S/C23H23N3O/c1-4-18-11-17(12-19-6-5-9-26(3)23(18)19)7-8-22-13-20(10-16(2)27-22)21(14-24)15-25/h7-8,10-13H,4-6,9H2,1-3H3/b8-7+. The van der Waals surface area contributed by atoms with E-state index < -0.39 is 0 Å². The number of nitriles is 2. The Labute approximate surface area is 161 Å². The molecule has 0 aliphatic carbocycles. The van der Waals surface area contributed by atoms with Gasteiger partial charge in [0.2, 0.25) is 0 Å². The number of hydrogen-bond donors (Lipinski definition) is 0. The molecule has 0 aromatic heterocycles. The molecule has 2 aliphatic heterocycles. The first kappa shape index (κ1) is 18.5. The Morgan fingerprint density at radius 3 is 2.70 bits per heavy atom. The van der Waals surface area contributed by atoms with E-state index in [2.05, 4.69) is 31.0 Å². The zero-order valence-corrected chi connectivity index (χ0v) is 16.0. The molecular weight excluding hydrogens is 334 g/mol. The van der Waals surface area contributed by atoms with Gasteiger partial charge in [0.25, 0.3) is 0 Å². The number of nitrogens with zero attached hydrogens (tertiary/aromatic N) is 3. The number of aryl methyl sites for hydroxylation is 2. The van der Waals surface area contributed by atoms with Crippen molar-refractivity contribution in [1.82, 2.24) is 0 Å². The van der Waals surface area contributed by atoms with Gasteiger partial charge in [-0.1, -0.05) is 13.0 Å². The van der Waals surface area contributed by atoms with E-state index in [1.54, 1.807) is 12.2 Å². The van der Waals surface area contributed by atoms with Crippen LogP contribution in [0.5, 0.6) is 0 Å². The van der Waals surface area contributed by atoms with Crippen LogP contribution in [0.4, 0.5) is 5.69 Å². The van der Waals surface area contributed by atoms with E-state index in [1.165, 1.54) is 23.2 Å². The molecule has 3 rings (SSSR count). The number of benzene rings is 1. The van der Waals surface area contributed by atoms with Gasteiger partial charge in [-0.3, -0.25) is 0 Å². The molecule has 0 fully saturated rings. The summed E-state index contributed by atoms with van der Waals surface area (Å²) in [4.78, 5) is 2.36. The SMILES string of the molecule is CCc1cc(/C=C/C2=CC(=C(C#N)C#N)C=C(C)O2)cc2c1N(C)CCC2. The number of hydrogen-bond acceptors (Lipinski definition) is 4. The highest BCUT2D eigenvalue weighted by molar-refractivity contribution is 5.67. The van der Waals surface area contributed by atoms with E-state index in [4.69, 9.17) is 15.3 Å². The minimum atomic E-state index is 0.0913. The van der Waals surface area contributed by atoms with Crippen LogP contribution >= 0.6 is 0 Å². The summed E-state index contributed by atoms with van der Waals surface area (Å²) in [5.74, 6) is 1.29. The Morgan fingerprint density at radius 1 is 1.22 bits per heavy atom. The van der Waals surface area contributed by atoms with Crippen LogP contribution in [0, 0.1) is 22.7 Å². The van der Waals surface area contributed by atoms with Crippen molar-refractivity contribution in [3.8, 4) is 12.1 Å². The Hall–Kier alpha value is -3.24. The Balaban J connectivity index is 1.94. The average Bonchev–Trinajstić information content (AvgIpc) is 2.66. The van der Waals surface area contributed by atoms with Crippen LogP contribution in [0.2, 0.25) is 0 Å². The molecule has 2 heterocycles. The van der Waals surface area contributed by atoms with Gasteiger partial charge in [0, 0.05) is 24.9 Å². The highest BCUT2D eigenvalue weighted by atomic mass is 16.5. The fraction of sp³-hybridized carbons (Fsp3) is 0.304. The number of rotatable bonds is 3. The van der Waals surface area contributed by atoms with Crippen LogP contribution in [0.15, 0.2) is 53.0 Å². The summed E-state index contributed by atoms with van der Waals surface area (Å²) in [7, 11) is 2.16. The number of fused-ring (bicyclic) bond motifs is 1. The second-order valence-electron chi connectivity index (χ2n) is 6.86. The van der Waals surface area contributed by atoms with Crippen LogP contribution in [-0.4, -0.2) is 13.6 Å². The largest absolute Gasteiger partial charge is 0.462 e. The summed E-state index contributed by atoms with van der Waals surface area (Å²) in [6, 6.07) is 8.35. The Bertz CT molecular complexity index is 931. The summed E-state index contributed by atoms with van der Waals surface area (Å²) >= 11 is 0. The van der Waals surface area contributed by atoms with E-state index in [0.29, 0.717) is 17.1 Å². The minimum absolute atomic E-state index is 0.0913. The van der Waals surface area contributed by atoms with Crippen molar-refractivity contribution in [3.05, 3.63) is 69.7 Å². The number of allylic oxidation sites excluding steroid dienone is 6. The van der Waals surface area contributed by atoms with Crippen molar-refractivity contribution in [2.75, 3.05) is 18.5 Å². The highest BCUT2D eigenvalue weighted by Crippen LogP contribution is 2.32. The van der Waals surface area contributed by atoms with Gasteiger partial charge in [-0.15, -0.1) is 0 Å². The van der Waals surface area contributed by atoms with E-state index in [1.807, 2.05) is 31.2 Å². The zero-order valence-electron chi connectivity index (χ0n) is 16.0. The summed E-state index contributed by atoms with van der Waals surface area (Å²) in [6.45, 7) is 5.11. The second-order valence-corrected chi connectivity index (χ2v) is 6.86. The van der Waals surface area contributed by atoms with Crippen molar-refractivity contribution in [1.29, 1.82) is 10.5 Å². The van der Waals surface area contributed by atoms with Gasteiger partial charge in [-0.2, -0.15) is 10.5 Å². The maximum absolute atomic E-state index is 9.10. The molecule has 0 saturated carbocycles. The molecule has 1 aromatic rings. The smallest absolute Gasteiger partial charge is 0.137 e. The molecule has 4 nitrogen and oxygen atoms in total. The van der Waals surface area contributed by atoms with E-state index in [0.717, 1.165) is 24.9 Å². The molecule has 1 aromatic carbocycles. The molecular formula is C23H23N3O. The lowest BCUT2D eigenvalue weighted by Gasteiger charge is -2.30. The molecule has 0 bridgehead atoms. The third-order valence-electron chi connectivity index (χ3n) is 4.88. The molecule has 4 heteroatoms. The number of ether oxygens (including phenoxy) is 1.